The Hall–Kier alpha value is -2.06. The first-order valence-electron chi connectivity index (χ1n) is 6.08. The van der Waals surface area contributed by atoms with Gasteiger partial charge in [-0.1, -0.05) is 13.8 Å². The van der Waals surface area contributed by atoms with Crippen LogP contribution in [-0.4, -0.2) is 20.9 Å². The predicted molar refractivity (Wildman–Crippen MR) is 78.7 cm³/mol. The van der Waals surface area contributed by atoms with Crippen molar-refractivity contribution in [2.45, 2.75) is 26.7 Å². The van der Waals surface area contributed by atoms with Gasteiger partial charge >= 0.3 is 0 Å². The van der Waals surface area contributed by atoms with Crippen LogP contribution >= 0.6 is 11.3 Å². The molecule has 4 N–H and O–H groups in total. The minimum Gasteiger partial charge on any atom is -0.321 e. The summed E-state index contributed by atoms with van der Waals surface area (Å²) in [5.74, 6) is 5.73. The molecule has 0 atom stereocenters. The van der Waals surface area contributed by atoms with Gasteiger partial charge < -0.3 is 5.43 Å². The third-order valence-corrected chi connectivity index (χ3v) is 3.41. The monoisotopic (exact) mass is 292 g/mol. The van der Waals surface area contributed by atoms with E-state index in [4.69, 9.17) is 5.84 Å². The lowest BCUT2D eigenvalue weighted by molar-refractivity contribution is 0.102. The molecule has 0 saturated carbocycles. The van der Waals surface area contributed by atoms with Gasteiger partial charge in [0.05, 0.1) is 17.6 Å². The highest BCUT2D eigenvalue weighted by molar-refractivity contribution is 7.13. The number of nitrogen functional groups attached to an aromatic ring is 1. The van der Waals surface area contributed by atoms with Crippen LogP contribution in [0.1, 0.15) is 41.8 Å². The van der Waals surface area contributed by atoms with Crippen molar-refractivity contribution in [3.05, 3.63) is 28.8 Å². The Balaban J connectivity index is 2.29. The number of amides is 1. The number of nitrogens with one attached hydrogen (secondary N) is 2. The number of hydrogen-bond donors (Lipinski definition) is 3. The summed E-state index contributed by atoms with van der Waals surface area (Å²) in [6, 6.07) is 0. The molecule has 0 aliphatic heterocycles. The molecule has 20 heavy (non-hydrogen) atoms. The number of carbonyl (C=O) groups excluding carboxylic acids is 1. The Morgan fingerprint density at radius 1 is 1.40 bits per heavy atom. The van der Waals surface area contributed by atoms with Gasteiger partial charge in [-0.25, -0.2) is 15.0 Å². The molecular weight excluding hydrogens is 276 g/mol. The average molecular weight is 292 g/mol. The second-order valence-corrected chi connectivity index (χ2v) is 5.40. The summed E-state index contributed by atoms with van der Waals surface area (Å²) in [5.41, 5.74) is 3.87. The van der Waals surface area contributed by atoms with E-state index in [9.17, 15) is 4.79 Å². The molecule has 2 rings (SSSR count). The minimum atomic E-state index is -0.364. The molecule has 0 radical (unpaired) electrons. The number of nitrogens with two attached hydrogens (primary N) is 1. The van der Waals surface area contributed by atoms with E-state index in [1.165, 1.54) is 17.5 Å². The van der Waals surface area contributed by atoms with Crippen LogP contribution in [0.25, 0.3) is 0 Å². The number of aryl methyl sites for hydroxylation is 1. The highest BCUT2D eigenvalue weighted by Crippen LogP contribution is 2.19. The number of hydrogen-bond acceptors (Lipinski definition) is 7. The molecule has 0 aromatic carbocycles. The Kier molecular flexibility index (Phi) is 4.26. The minimum absolute atomic E-state index is 0.121. The van der Waals surface area contributed by atoms with Crippen LogP contribution in [-0.2, 0) is 0 Å². The van der Waals surface area contributed by atoms with Crippen LogP contribution < -0.4 is 16.6 Å². The molecule has 0 aliphatic carbocycles. The summed E-state index contributed by atoms with van der Waals surface area (Å²) in [7, 11) is 0. The molecule has 7 nitrogen and oxygen atoms in total. The zero-order valence-corrected chi connectivity index (χ0v) is 12.3. The van der Waals surface area contributed by atoms with Crippen LogP contribution in [0.3, 0.4) is 0 Å². The van der Waals surface area contributed by atoms with Crippen molar-refractivity contribution >= 4 is 28.1 Å². The first-order valence-corrected chi connectivity index (χ1v) is 6.96. The second-order valence-electron chi connectivity index (χ2n) is 4.54. The van der Waals surface area contributed by atoms with E-state index in [-0.39, 0.29) is 17.5 Å². The van der Waals surface area contributed by atoms with Gasteiger partial charge in [0.15, 0.2) is 10.8 Å². The van der Waals surface area contributed by atoms with E-state index >= 15 is 0 Å². The number of rotatable bonds is 4. The SMILES string of the molecule is Cc1csc(NC(=O)c2nc(C(C)C)ncc2NN)n1. The molecule has 0 bridgehead atoms. The largest absolute Gasteiger partial charge is 0.321 e. The molecule has 0 spiro atoms. The summed E-state index contributed by atoms with van der Waals surface area (Å²) < 4.78 is 0. The van der Waals surface area contributed by atoms with Gasteiger partial charge in [-0.3, -0.25) is 16.0 Å². The third-order valence-electron chi connectivity index (χ3n) is 2.53. The van der Waals surface area contributed by atoms with Crippen LogP contribution in [0.5, 0.6) is 0 Å². The molecule has 0 fully saturated rings. The molecule has 1 amide bonds. The molecule has 2 aromatic heterocycles. The van der Waals surface area contributed by atoms with Crippen molar-refractivity contribution in [2.24, 2.45) is 5.84 Å². The van der Waals surface area contributed by atoms with Crippen molar-refractivity contribution < 1.29 is 4.79 Å². The van der Waals surface area contributed by atoms with Crippen molar-refractivity contribution in [3.63, 3.8) is 0 Å². The maximum Gasteiger partial charge on any atom is 0.278 e. The summed E-state index contributed by atoms with van der Waals surface area (Å²) in [4.78, 5) is 24.8. The highest BCUT2D eigenvalue weighted by Gasteiger charge is 2.17. The normalized spacial score (nSPS) is 10.7. The van der Waals surface area contributed by atoms with E-state index in [2.05, 4.69) is 25.7 Å². The summed E-state index contributed by atoms with van der Waals surface area (Å²) in [6.07, 6.45) is 1.50. The number of thiazole rings is 1. The van der Waals surface area contributed by atoms with Crippen LogP contribution in [0.4, 0.5) is 10.8 Å². The van der Waals surface area contributed by atoms with Crippen molar-refractivity contribution in [3.8, 4) is 0 Å². The van der Waals surface area contributed by atoms with E-state index in [0.717, 1.165) is 5.69 Å². The molecular formula is C12H16N6OS. The zero-order chi connectivity index (χ0) is 14.7. The Morgan fingerprint density at radius 2 is 2.15 bits per heavy atom. The Morgan fingerprint density at radius 3 is 2.70 bits per heavy atom. The topological polar surface area (TPSA) is 106 Å². The smallest absolute Gasteiger partial charge is 0.278 e. The standard InChI is InChI=1S/C12H16N6OS/c1-6(2)10-14-4-8(18-13)9(16-10)11(19)17-12-15-7(3)5-20-12/h4-6,18H,13H2,1-3H3,(H,15,17,19). The zero-order valence-electron chi connectivity index (χ0n) is 11.5. The maximum absolute atomic E-state index is 12.2. The molecule has 106 valence electrons. The van der Waals surface area contributed by atoms with E-state index < -0.39 is 0 Å². The Bertz CT molecular complexity index is 624. The number of carbonyl (C=O) groups is 1. The number of hydrazine groups is 1. The number of nitrogens with zero attached hydrogens (tertiary/aromatic N) is 3. The van der Waals surface area contributed by atoms with Gasteiger partial charge in [-0.2, -0.15) is 0 Å². The fourth-order valence-electron chi connectivity index (χ4n) is 1.52. The summed E-state index contributed by atoms with van der Waals surface area (Å²) >= 11 is 1.36. The van der Waals surface area contributed by atoms with E-state index in [1.54, 1.807) is 0 Å². The second kappa shape index (κ2) is 5.93. The van der Waals surface area contributed by atoms with Gasteiger partial charge in [0.25, 0.3) is 5.91 Å². The first kappa shape index (κ1) is 14.4. The van der Waals surface area contributed by atoms with Crippen molar-refractivity contribution in [2.75, 3.05) is 10.7 Å². The molecule has 8 heteroatoms. The lowest BCUT2D eigenvalue weighted by atomic mass is 10.2. The van der Waals surface area contributed by atoms with Gasteiger partial charge in [0.1, 0.15) is 5.82 Å². The third kappa shape index (κ3) is 3.09. The first-order chi connectivity index (χ1) is 9.51. The van der Waals surface area contributed by atoms with Crippen LogP contribution in [0.2, 0.25) is 0 Å². The number of anilines is 2. The van der Waals surface area contributed by atoms with Crippen LogP contribution in [0, 0.1) is 6.92 Å². The molecule has 0 saturated heterocycles. The summed E-state index contributed by atoms with van der Waals surface area (Å²) in [6.45, 7) is 5.77. The fourth-order valence-corrected chi connectivity index (χ4v) is 2.20. The lowest BCUT2D eigenvalue weighted by Crippen LogP contribution is -2.20. The van der Waals surface area contributed by atoms with E-state index in [1.807, 2.05) is 26.2 Å². The van der Waals surface area contributed by atoms with Crippen molar-refractivity contribution in [1.82, 2.24) is 15.0 Å². The van der Waals surface area contributed by atoms with Gasteiger partial charge in [-0.05, 0) is 6.92 Å². The van der Waals surface area contributed by atoms with Gasteiger partial charge in [0.2, 0.25) is 0 Å². The number of aromatic nitrogens is 3. The summed E-state index contributed by atoms with van der Waals surface area (Å²) in [5, 5.41) is 5.09. The van der Waals surface area contributed by atoms with E-state index in [0.29, 0.717) is 16.6 Å². The Labute approximate surface area is 120 Å². The predicted octanol–water partition coefficient (Wildman–Crippen LogP) is 1.90. The fraction of sp³-hybridized carbons (Fsp3) is 0.333. The van der Waals surface area contributed by atoms with Gasteiger partial charge in [0, 0.05) is 11.3 Å². The molecule has 0 aliphatic rings. The van der Waals surface area contributed by atoms with Crippen molar-refractivity contribution in [1.29, 1.82) is 0 Å². The molecule has 2 aromatic rings. The molecule has 0 unspecified atom stereocenters. The average Bonchev–Trinajstić information content (AvgIpc) is 2.83. The molecule has 2 heterocycles. The lowest BCUT2D eigenvalue weighted by Gasteiger charge is -2.10. The van der Waals surface area contributed by atoms with Gasteiger partial charge in [-0.15, -0.1) is 11.3 Å². The van der Waals surface area contributed by atoms with Crippen LogP contribution in [0.15, 0.2) is 11.6 Å². The quantitative estimate of drug-likeness (QED) is 0.587. The maximum atomic E-state index is 12.2. The highest BCUT2D eigenvalue weighted by atomic mass is 32.1.